The summed E-state index contributed by atoms with van der Waals surface area (Å²) in [5, 5.41) is 9.18. The van der Waals surface area contributed by atoms with Crippen LogP contribution in [0.3, 0.4) is 0 Å². The Kier molecular flexibility index (Phi) is 12.4. The number of hydrogen-bond donors (Lipinski definition) is 0. The van der Waals surface area contributed by atoms with Crippen LogP contribution in [0.5, 0.6) is 0 Å². The maximum absolute atomic E-state index is 5.83. The summed E-state index contributed by atoms with van der Waals surface area (Å²) in [5.41, 5.74) is 8.01. The summed E-state index contributed by atoms with van der Waals surface area (Å²) in [4.78, 5) is 0. The van der Waals surface area contributed by atoms with Crippen LogP contribution in [-0.2, 0) is 22.6 Å². The number of benzene rings is 2. The van der Waals surface area contributed by atoms with Crippen LogP contribution >= 0.6 is 0 Å². The first-order valence-electron chi connectivity index (χ1n) is 18.7. The van der Waals surface area contributed by atoms with Crippen molar-refractivity contribution in [2.45, 2.75) is 110 Å². The molecule has 0 spiro atoms. The van der Waals surface area contributed by atoms with Gasteiger partial charge in [0.15, 0.2) is 0 Å². The van der Waals surface area contributed by atoms with Gasteiger partial charge in [-0.3, -0.25) is 9.36 Å². The third-order valence-corrected chi connectivity index (χ3v) is 9.30. The van der Waals surface area contributed by atoms with Crippen LogP contribution in [0.25, 0.3) is 22.3 Å². The van der Waals surface area contributed by atoms with E-state index in [9.17, 15) is 0 Å². The molecule has 2 aromatic heterocycles. The third-order valence-electron chi connectivity index (χ3n) is 9.30. The fourth-order valence-corrected chi connectivity index (χ4v) is 6.16. The minimum absolute atomic E-state index is 0.311. The minimum atomic E-state index is 0.311. The molecule has 0 unspecified atom stereocenters. The molecule has 8 rings (SSSR count). The topological polar surface area (TPSA) is 54.1 Å². The Morgan fingerprint density at radius 1 is 0.673 bits per heavy atom. The molecule has 0 amide bonds. The van der Waals surface area contributed by atoms with Gasteiger partial charge in [-0.2, -0.15) is 10.2 Å². The molecule has 4 heterocycles. The molecule has 4 aromatic rings. The second-order valence-electron chi connectivity index (χ2n) is 13.5. The molecule has 4 aliphatic rings. The zero-order valence-electron chi connectivity index (χ0n) is 29.7. The number of rotatable bonds is 6. The van der Waals surface area contributed by atoms with Crippen molar-refractivity contribution in [2.24, 2.45) is 11.8 Å². The maximum Gasteiger partial charge on any atom is 0.0770 e. The predicted octanol–water partition coefficient (Wildman–Crippen LogP) is 9.10. The van der Waals surface area contributed by atoms with Gasteiger partial charge in [0, 0.05) is 59.7 Å². The van der Waals surface area contributed by atoms with E-state index in [1.807, 2.05) is 29.4 Å². The van der Waals surface area contributed by atoms with Crippen molar-refractivity contribution < 1.29 is 9.47 Å². The van der Waals surface area contributed by atoms with Gasteiger partial charge >= 0.3 is 0 Å². The molecule has 2 aliphatic heterocycles. The molecule has 2 atom stereocenters. The molecule has 2 saturated heterocycles. The fourth-order valence-electron chi connectivity index (χ4n) is 6.16. The average molecular weight is 657 g/mol. The molecule has 6 nitrogen and oxygen atoms in total. The van der Waals surface area contributed by atoms with Crippen molar-refractivity contribution >= 4 is 0 Å². The van der Waals surface area contributed by atoms with Gasteiger partial charge in [-0.15, -0.1) is 0 Å². The summed E-state index contributed by atoms with van der Waals surface area (Å²) in [6.07, 6.45) is 19.1. The van der Waals surface area contributed by atoms with E-state index in [2.05, 4.69) is 102 Å². The van der Waals surface area contributed by atoms with Gasteiger partial charge in [0.1, 0.15) is 0 Å². The van der Waals surface area contributed by atoms with E-state index >= 15 is 0 Å². The summed E-state index contributed by atoms with van der Waals surface area (Å²) in [6, 6.07) is 17.0. The Hall–Kier alpha value is -4.10. The highest BCUT2D eigenvalue weighted by atomic mass is 16.5. The van der Waals surface area contributed by atoms with E-state index in [1.54, 1.807) is 0 Å². The molecular weight excluding hydrogens is 604 g/mol. The molecular formula is C43H52N4O2. The van der Waals surface area contributed by atoms with Gasteiger partial charge in [-0.05, 0) is 107 Å². The molecule has 0 radical (unpaired) electrons. The standard InChI is InChI=1S/C21H24N2O.C20H22N2O.C2H6/c1-16-21(15-23(22-16)14-20-4-2-3-13-24-20)19-11-9-18(10-12-19)8-7-17-5-6-17;1-2-11-23-20(6-1)15-22-14-19(13-21-22)18-5-3-4-17(12-18)10-9-16-7-8-16;1-2/h9-12,15,17,20H,2-6,13-14H2,1H3;3-5,12-14,16,20H,1-2,6-8,11,15H2;1-2H3/t2*20-;/m11./s1. The quantitative estimate of drug-likeness (QED) is 0.194. The first-order valence-corrected chi connectivity index (χ1v) is 18.7. The van der Waals surface area contributed by atoms with E-state index < -0.39 is 0 Å². The van der Waals surface area contributed by atoms with E-state index in [0.29, 0.717) is 24.0 Å². The number of nitrogens with zero attached hydrogens (tertiary/aromatic N) is 4. The first-order chi connectivity index (χ1) is 24.1. The van der Waals surface area contributed by atoms with Gasteiger partial charge < -0.3 is 9.47 Å². The Labute approximate surface area is 293 Å². The van der Waals surface area contributed by atoms with Crippen molar-refractivity contribution in [3.05, 3.63) is 83.9 Å². The highest BCUT2D eigenvalue weighted by Gasteiger charge is 2.19. The fraction of sp³-hybridized carbons (Fsp3) is 0.488. The van der Waals surface area contributed by atoms with Gasteiger partial charge in [-0.25, -0.2) is 0 Å². The summed E-state index contributed by atoms with van der Waals surface area (Å²) in [7, 11) is 0. The molecule has 2 aromatic carbocycles. The smallest absolute Gasteiger partial charge is 0.0770 e. The van der Waals surface area contributed by atoms with Crippen molar-refractivity contribution in [3.63, 3.8) is 0 Å². The lowest BCUT2D eigenvalue weighted by Gasteiger charge is -2.22. The Bertz CT molecular complexity index is 1740. The van der Waals surface area contributed by atoms with Crippen LogP contribution in [-0.4, -0.2) is 45.0 Å². The number of aromatic nitrogens is 4. The summed E-state index contributed by atoms with van der Waals surface area (Å²) in [6.45, 7) is 9.56. The van der Waals surface area contributed by atoms with Crippen LogP contribution in [0.1, 0.15) is 94.9 Å². The minimum Gasteiger partial charge on any atom is -0.376 e. The molecule has 2 aliphatic carbocycles. The first kappa shape index (κ1) is 34.8. The highest BCUT2D eigenvalue weighted by Crippen LogP contribution is 2.29. The lowest BCUT2D eigenvalue weighted by Crippen LogP contribution is -2.24. The SMILES string of the molecule is C(#CC1CC1)c1cccc(-c2cnn(C[C@H]3CCCCO3)c2)c1.CC.Cc1nn(C[C@H]2CCCCO2)cc1-c1ccc(C#CC2CC2)cc1. The van der Waals surface area contributed by atoms with Crippen molar-refractivity contribution in [3.8, 4) is 45.9 Å². The van der Waals surface area contributed by atoms with E-state index in [0.717, 1.165) is 61.5 Å². The summed E-state index contributed by atoms with van der Waals surface area (Å²) in [5.74, 6) is 14.5. The van der Waals surface area contributed by atoms with Crippen molar-refractivity contribution in [1.29, 1.82) is 0 Å². The highest BCUT2D eigenvalue weighted by molar-refractivity contribution is 5.66. The van der Waals surface area contributed by atoms with E-state index in [-0.39, 0.29) is 0 Å². The normalized spacial score (nSPS) is 19.9. The lowest BCUT2D eigenvalue weighted by molar-refractivity contribution is 0.00384. The van der Waals surface area contributed by atoms with Crippen molar-refractivity contribution in [2.75, 3.05) is 13.2 Å². The molecule has 0 N–H and O–H groups in total. The maximum atomic E-state index is 5.83. The molecule has 256 valence electrons. The number of hydrogen-bond acceptors (Lipinski definition) is 4. The number of ether oxygens (including phenoxy) is 2. The largest absolute Gasteiger partial charge is 0.376 e. The zero-order valence-corrected chi connectivity index (χ0v) is 29.7. The van der Waals surface area contributed by atoms with Gasteiger partial charge in [-0.1, -0.05) is 61.8 Å². The van der Waals surface area contributed by atoms with Crippen LogP contribution in [0.15, 0.2) is 67.1 Å². The van der Waals surface area contributed by atoms with Gasteiger partial charge in [0.2, 0.25) is 0 Å². The Balaban J connectivity index is 0.000000162. The van der Waals surface area contributed by atoms with Crippen LogP contribution in [0, 0.1) is 42.4 Å². The van der Waals surface area contributed by atoms with Gasteiger partial charge in [0.25, 0.3) is 0 Å². The molecule has 6 heteroatoms. The van der Waals surface area contributed by atoms with Crippen LogP contribution in [0.4, 0.5) is 0 Å². The number of aryl methyl sites for hydroxylation is 1. The lowest BCUT2D eigenvalue weighted by atomic mass is 10.0. The summed E-state index contributed by atoms with van der Waals surface area (Å²) >= 11 is 0. The third kappa shape index (κ3) is 10.7. The molecule has 4 fully saturated rings. The molecule has 2 saturated carbocycles. The Morgan fingerprint density at radius 2 is 1.31 bits per heavy atom. The average Bonchev–Trinajstić information content (AvgIpc) is 4.08. The van der Waals surface area contributed by atoms with Crippen molar-refractivity contribution in [1.82, 2.24) is 19.6 Å². The van der Waals surface area contributed by atoms with Gasteiger partial charge in [0.05, 0.1) is 37.2 Å². The second-order valence-corrected chi connectivity index (χ2v) is 13.5. The second kappa shape index (κ2) is 17.5. The predicted molar refractivity (Wildman–Crippen MR) is 198 cm³/mol. The van der Waals surface area contributed by atoms with E-state index in [4.69, 9.17) is 9.47 Å². The monoisotopic (exact) mass is 656 g/mol. The van der Waals surface area contributed by atoms with Crippen LogP contribution in [0.2, 0.25) is 0 Å². The molecule has 0 bridgehead atoms. The zero-order chi connectivity index (χ0) is 33.8. The van der Waals surface area contributed by atoms with Crippen LogP contribution < -0.4 is 0 Å². The van der Waals surface area contributed by atoms with E-state index in [1.165, 1.54) is 68.1 Å². The summed E-state index contributed by atoms with van der Waals surface area (Å²) < 4.78 is 15.7. The molecule has 49 heavy (non-hydrogen) atoms. The Morgan fingerprint density at radius 3 is 1.92 bits per heavy atom.